The Morgan fingerprint density at radius 3 is 2.10 bits per heavy atom. The van der Waals surface area contributed by atoms with Gasteiger partial charge in [-0.3, -0.25) is 4.79 Å². The Kier molecular flexibility index (Phi) is 5.92. The smallest absolute Gasteiger partial charge is 0.307 e. The van der Waals surface area contributed by atoms with Crippen molar-refractivity contribution in [1.29, 1.82) is 0 Å². The maximum absolute atomic E-state index is 12.2. The van der Waals surface area contributed by atoms with Crippen molar-refractivity contribution in [3.63, 3.8) is 0 Å². The highest BCUT2D eigenvalue weighted by Gasteiger charge is 2.25. The Hall–Kier alpha value is -1.40. The second-order valence-electron chi connectivity index (χ2n) is 5.78. The number of hydrogen-bond donors (Lipinski definition) is 2. The van der Waals surface area contributed by atoms with Gasteiger partial charge in [-0.15, -0.1) is 0 Å². The van der Waals surface area contributed by atoms with Crippen LogP contribution in [0.25, 0.3) is 0 Å². The van der Waals surface area contributed by atoms with Crippen LogP contribution in [0.2, 0.25) is 0 Å². The van der Waals surface area contributed by atoms with Gasteiger partial charge in [0, 0.05) is 6.04 Å². The van der Waals surface area contributed by atoms with Gasteiger partial charge in [-0.2, -0.15) is 0 Å². The predicted octanol–water partition coefficient (Wildman–Crippen LogP) is 2.27. The van der Waals surface area contributed by atoms with Crippen LogP contribution in [-0.2, 0) is 21.2 Å². The molecule has 0 spiro atoms. The fourth-order valence-electron chi connectivity index (χ4n) is 1.90. The quantitative estimate of drug-likeness (QED) is 0.809. The van der Waals surface area contributed by atoms with Crippen LogP contribution in [-0.4, -0.2) is 25.5 Å². The first kappa shape index (κ1) is 17.7. The van der Waals surface area contributed by atoms with Crippen LogP contribution >= 0.6 is 0 Å². The summed E-state index contributed by atoms with van der Waals surface area (Å²) in [5.41, 5.74) is 1.08. The Labute approximate surface area is 126 Å². The van der Waals surface area contributed by atoms with Gasteiger partial charge in [0.2, 0.25) is 10.0 Å². The third kappa shape index (κ3) is 5.13. The molecule has 1 rings (SSSR count). The Bertz CT molecular complexity index is 578. The number of carboxylic acid groups (broad SMARTS) is 1. The summed E-state index contributed by atoms with van der Waals surface area (Å²) in [7, 11) is -3.70. The lowest BCUT2D eigenvalue weighted by Crippen LogP contribution is -2.39. The first-order valence-corrected chi connectivity index (χ1v) is 8.46. The monoisotopic (exact) mass is 313 g/mol. The molecule has 118 valence electrons. The van der Waals surface area contributed by atoms with E-state index in [4.69, 9.17) is 5.11 Å². The molecule has 5 nitrogen and oxygen atoms in total. The van der Waals surface area contributed by atoms with Crippen molar-refractivity contribution in [1.82, 2.24) is 4.72 Å². The SMILES string of the molecule is CC(C)Cc1ccc(S(=O)(=O)NC(C)C(C)C(=O)O)cc1. The molecule has 0 amide bonds. The Morgan fingerprint density at radius 1 is 1.14 bits per heavy atom. The summed E-state index contributed by atoms with van der Waals surface area (Å²) in [5, 5.41) is 8.91. The molecule has 2 atom stereocenters. The van der Waals surface area contributed by atoms with Crippen molar-refractivity contribution < 1.29 is 18.3 Å². The van der Waals surface area contributed by atoms with E-state index in [-0.39, 0.29) is 4.90 Å². The molecule has 0 saturated heterocycles. The fourth-order valence-corrected chi connectivity index (χ4v) is 3.23. The summed E-state index contributed by atoms with van der Waals surface area (Å²) in [6.45, 7) is 7.22. The van der Waals surface area contributed by atoms with Crippen molar-refractivity contribution in [3.05, 3.63) is 29.8 Å². The van der Waals surface area contributed by atoms with Crippen molar-refractivity contribution in [2.24, 2.45) is 11.8 Å². The van der Waals surface area contributed by atoms with Gasteiger partial charge >= 0.3 is 5.97 Å². The zero-order valence-electron chi connectivity index (χ0n) is 12.8. The van der Waals surface area contributed by atoms with E-state index in [2.05, 4.69) is 18.6 Å². The standard InChI is InChI=1S/C15H23NO4S/c1-10(2)9-13-5-7-14(8-6-13)21(19,20)16-12(4)11(3)15(17)18/h5-8,10-12,16H,9H2,1-4H3,(H,17,18). The second-order valence-corrected chi connectivity index (χ2v) is 7.49. The van der Waals surface area contributed by atoms with E-state index in [0.29, 0.717) is 5.92 Å². The molecular formula is C15H23NO4S. The Morgan fingerprint density at radius 2 is 1.67 bits per heavy atom. The van der Waals surface area contributed by atoms with Crippen LogP contribution < -0.4 is 4.72 Å². The molecule has 0 aliphatic carbocycles. The molecule has 0 aromatic heterocycles. The van der Waals surface area contributed by atoms with Gasteiger partial charge in [0.1, 0.15) is 0 Å². The highest BCUT2D eigenvalue weighted by molar-refractivity contribution is 7.89. The van der Waals surface area contributed by atoms with Gasteiger partial charge in [0.05, 0.1) is 10.8 Å². The lowest BCUT2D eigenvalue weighted by molar-refractivity contribution is -0.141. The fraction of sp³-hybridized carbons (Fsp3) is 0.533. The van der Waals surface area contributed by atoms with Gasteiger partial charge in [-0.25, -0.2) is 13.1 Å². The molecule has 2 unspecified atom stereocenters. The molecule has 0 bridgehead atoms. The summed E-state index contributed by atoms with van der Waals surface area (Å²) in [6.07, 6.45) is 0.889. The van der Waals surface area contributed by atoms with Gasteiger partial charge in [-0.05, 0) is 37.0 Å². The molecule has 0 fully saturated rings. The summed E-state index contributed by atoms with van der Waals surface area (Å²) in [4.78, 5) is 11.0. The average molecular weight is 313 g/mol. The first-order chi connectivity index (χ1) is 9.63. The Balaban J connectivity index is 2.85. The molecule has 0 saturated carbocycles. The molecule has 21 heavy (non-hydrogen) atoms. The van der Waals surface area contributed by atoms with Crippen LogP contribution in [0.15, 0.2) is 29.2 Å². The summed E-state index contributed by atoms with van der Waals surface area (Å²) < 4.78 is 26.8. The largest absolute Gasteiger partial charge is 0.481 e. The van der Waals surface area contributed by atoms with Crippen molar-refractivity contribution in [2.75, 3.05) is 0 Å². The minimum Gasteiger partial charge on any atom is -0.481 e. The lowest BCUT2D eigenvalue weighted by Gasteiger charge is -2.18. The van der Waals surface area contributed by atoms with E-state index >= 15 is 0 Å². The third-order valence-electron chi connectivity index (χ3n) is 3.36. The maximum Gasteiger partial charge on any atom is 0.307 e. The maximum atomic E-state index is 12.2. The van der Waals surface area contributed by atoms with Gasteiger partial charge < -0.3 is 5.11 Å². The van der Waals surface area contributed by atoms with Gasteiger partial charge in [-0.1, -0.05) is 32.9 Å². The second kappa shape index (κ2) is 7.04. The molecule has 2 N–H and O–H groups in total. The number of nitrogens with one attached hydrogen (secondary N) is 1. The van der Waals surface area contributed by atoms with E-state index in [9.17, 15) is 13.2 Å². The minimum absolute atomic E-state index is 0.152. The number of aliphatic carboxylic acids is 1. The zero-order valence-corrected chi connectivity index (χ0v) is 13.6. The normalized spacial score (nSPS) is 14.9. The summed E-state index contributed by atoms with van der Waals surface area (Å²) in [6, 6.07) is 6.01. The third-order valence-corrected chi connectivity index (χ3v) is 4.93. The molecule has 0 heterocycles. The molecule has 1 aromatic rings. The highest BCUT2D eigenvalue weighted by Crippen LogP contribution is 2.15. The molecule has 0 aliphatic heterocycles. The zero-order chi connectivity index (χ0) is 16.2. The lowest BCUT2D eigenvalue weighted by atomic mass is 10.0. The minimum atomic E-state index is -3.70. The molecule has 6 heteroatoms. The summed E-state index contributed by atoms with van der Waals surface area (Å²) in [5.74, 6) is -1.32. The van der Waals surface area contributed by atoms with Crippen molar-refractivity contribution >= 4 is 16.0 Å². The van der Waals surface area contributed by atoms with E-state index < -0.39 is 28.0 Å². The number of benzene rings is 1. The van der Waals surface area contributed by atoms with E-state index in [1.165, 1.54) is 6.92 Å². The summed E-state index contributed by atoms with van der Waals surface area (Å²) >= 11 is 0. The topological polar surface area (TPSA) is 83.5 Å². The molecule has 0 aliphatic rings. The highest BCUT2D eigenvalue weighted by atomic mass is 32.2. The van der Waals surface area contributed by atoms with Gasteiger partial charge in [0.25, 0.3) is 0 Å². The number of hydrogen-bond acceptors (Lipinski definition) is 3. The molecular weight excluding hydrogens is 290 g/mol. The van der Waals surface area contributed by atoms with Crippen LogP contribution in [0.5, 0.6) is 0 Å². The molecule has 0 radical (unpaired) electrons. The van der Waals surface area contributed by atoms with E-state index in [1.807, 2.05) is 0 Å². The van der Waals surface area contributed by atoms with Crippen LogP contribution in [0.3, 0.4) is 0 Å². The van der Waals surface area contributed by atoms with Crippen LogP contribution in [0, 0.1) is 11.8 Å². The predicted molar refractivity (Wildman–Crippen MR) is 81.6 cm³/mol. The van der Waals surface area contributed by atoms with Gasteiger partial charge in [0.15, 0.2) is 0 Å². The average Bonchev–Trinajstić information content (AvgIpc) is 2.37. The number of carboxylic acids is 1. The number of rotatable bonds is 7. The number of sulfonamides is 1. The van der Waals surface area contributed by atoms with Crippen molar-refractivity contribution in [3.8, 4) is 0 Å². The van der Waals surface area contributed by atoms with Crippen molar-refractivity contribution in [2.45, 2.75) is 45.1 Å². The van der Waals surface area contributed by atoms with E-state index in [1.54, 1.807) is 31.2 Å². The van der Waals surface area contributed by atoms with E-state index in [0.717, 1.165) is 12.0 Å². The number of carbonyl (C=O) groups is 1. The van der Waals surface area contributed by atoms with Crippen LogP contribution in [0.1, 0.15) is 33.3 Å². The first-order valence-electron chi connectivity index (χ1n) is 6.97. The van der Waals surface area contributed by atoms with Crippen LogP contribution in [0.4, 0.5) is 0 Å². The molecule has 1 aromatic carbocycles.